The highest BCUT2D eigenvalue weighted by Gasteiger charge is 2.29. The summed E-state index contributed by atoms with van der Waals surface area (Å²) in [6.45, 7) is 1.73. The Bertz CT molecular complexity index is 392. The molecule has 112 valence electrons. The summed E-state index contributed by atoms with van der Waals surface area (Å²) in [7, 11) is -0.306. The van der Waals surface area contributed by atoms with E-state index in [1.54, 1.807) is 4.90 Å². The highest BCUT2D eigenvalue weighted by atomic mass is 79.9. The summed E-state index contributed by atoms with van der Waals surface area (Å²) in [6.07, 6.45) is 2.41. The molecule has 1 heterocycles. The highest BCUT2D eigenvalue weighted by Crippen LogP contribution is 2.11. The third kappa shape index (κ3) is 4.70. The summed E-state index contributed by atoms with van der Waals surface area (Å²) in [4.78, 5) is 13.7. The lowest BCUT2D eigenvalue weighted by atomic mass is 10.2. The Morgan fingerprint density at radius 1 is 1.16 bits per heavy atom. The molecule has 0 unspecified atom stereocenters. The SMILES string of the molecule is CN(C)S(=O)(=O)N1CCN(C(=O)CCCCBr)CC1. The van der Waals surface area contributed by atoms with Gasteiger partial charge in [0.2, 0.25) is 5.91 Å². The smallest absolute Gasteiger partial charge is 0.281 e. The maximum absolute atomic E-state index is 11.9. The van der Waals surface area contributed by atoms with E-state index < -0.39 is 10.2 Å². The van der Waals surface area contributed by atoms with Crippen LogP contribution in [0.15, 0.2) is 0 Å². The lowest BCUT2D eigenvalue weighted by Crippen LogP contribution is -2.53. The van der Waals surface area contributed by atoms with Crippen LogP contribution in [0.4, 0.5) is 0 Å². The lowest BCUT2D eigenvalue weighted by molar-refractivity contribution is -0.132. The van der Waals surface area contributed by atoms with Crippen molar-refractivity contribution in [2.24, 2.45) is 0 Å². The van der Waals surface area contributed by atoms with E-state index in [0.717, 1.165) is 18.2 Å². The predicted molar refractivity (Wildman–Crippen MR) is 78.4 cm³/mol. The topological polar surface area (TPSA) is 60.9 Å². The van der Waals surface area contributed by atoms with Crippen molar-refractivity contribution in [3.05, 3.63) is 0 Å². The molecule has 1 fully saturated rings. The van der Waals surface area contributed by atoms with Crippen molar-refractivity contribution in [3.8, 4) is 0 Å². The molecule has 1 amide bonds. The van der Waals surface area contributed by atoms with Gasteiger partial charge in [0, 0.05) is 52.0 Å². The van der Waals surface area contributed by atoms with E-state index in [-0.39, 0.29) is 5.91 Å². The Morgan fingerprint density at radius 2 is 1.74 bits per heavy atom. The third-order valence-electron chi connectivity index (χ3n) is 3.15. The molecule has 19 heavy (non-hydrogen) atoms. The Morgan fingerprint density at radius 3 is 2.21 bits per heavy atom. The van der Waals surface area contributed by atoms with Gasteiger partial charge in [0.1, 0.15) is 0 Å². The molecule has 0 aliphatic carbocycles. The Balaban J connectivity index is 2.43. The molecule has 0 aromatic carbocycles. The summed E-state index contributed by atoms with van der Waals surface area (Å²) in [5, 5.41) is 0.912. The number of rotatable bonds is 6. The number of piperazine rings is 1. The van der Waals surface area contributed by atoms with Crippen LogP contribution in [0.25, 0.3) is 0 Å². The number of halogens is 1. The van der Waals surface area contributed by atoms with Crippen molar-refractivity contribution in [1.29, 1.82) is 0 Å². The summed E-state index contributed by atoms with van der Waals surface area (Å²) in [5.41, 5.74) is 0. The van der Waals surface area contributed by atoms with Gasteiger partial charge in [-0.15, -0.1) is 0 Å². The monoisotopic (exact) mass is 355 g/mol. The highest BCUT2D eigenvalue weighted by molar-refractivity contribution is 9.09. The molecule has 1 aliphatic heterocycles. The van der Waals surface area contributed by atoms with Crippen molar-refractivity contribution < 1.29 is 13.2 Å². The van der Waals surface area contributed by atoms with Crippen molar-refractivity contribution in [3.63, 3.8) is 0 Å². The van der Waals surface area contributed by atoms with Crippen LogP contribution in [-0.2, 0) is 15.0 Å². The molecule has 6 nitrogen and oxygen atoms in total. The van der Waals surface area contributed by atoms with Gasteiger partial charge in [-0.05, 0) is 12.8 Å². The minimum Gasteiger partial charge on any atom is -0.340 e. The standard InChI is InChI=1S/C11H22BrN3O3S/c1-13(2)19(17,18)15-9-7-14(8-10-15)11(16)5-3-4-6-12/h3-10H2,1-2H3. The van der Waals surface area contributed by atoms with Crippen LogP contribution in [0.2, 0.25) is 0 Å². The lowest BCUT2D eigenvalue weighted by Gasteiger charge is -2.35. The fourth-order valence-electron chi connectivity index (χ4n) is 1.93. The molecule has 0 bridgehead atoms. The van der Waals surface area contributed by atoms with Gasteiger partial charge in [0.15, 0.2) is 0 Å². The van der Waals surface area contributed by atoms with E-state index in [9.17, 15) is 13.2 Å². The van der Waals surface area contributed by atoms with Gasteiger partial charge in [0.25, 0.3) is 10.2 Å². The summed E-state index contributed by atoms with van der Waals surface area (Å²) in [5.74, 6) is 0.128. The number of nitrogens with zero attached hydrogens (tertiary/aromatic N) is 3. The number of carbonyl (C=O) groups is 1. The molecule has 8 heteroatoms. The molecule has 0 atom stereocenters. The first-order chi connectivity index (χ1) is 8.89. The normalized spacial score (nSPS) is 18.0. The molecule has 0 saturated carbocycles. The van der Waals surface area contributed by atoms with E-state index in [2.05, 4.69) is 15.9 Å². The average molecular weight is 356 g/mol. The van der Waals surface area contributed by atoms with Gasteiger partial charge in [-0.2, -0.15) is 17.0 Å². The number of alkyl halides is 1. The number of amides is 1. The fourth-order valence-corrected chi connectivity index (χ4v) is 3.41. The second-order valence-electron chi connectivity index (χ2n) is 4.72. The van der Waals surface area contributed by atoms with Crippen molar-refractivity contribution in [2.45, 2.75) is 19.3 Å². The van der Waals surface area contributed by atoms with Gasteiger partial charge in [-0.3, -0.25) is 4.79 Å². The van der Waals surface area contributed by atoms with E-state index in [1.165, 1.54) is 22.7 Å². The van der Waals surface area contributed by atoms with Crippen LogP contribution >= 0.6 is 15.9 Å². The van der Waals surface area contributed by atoms with Gasteiger partial charge in [-0.25, -0.2) is 0 Å². The van der Waals surface area contributed by atoms with Gasteiger partial charge < -0.3 is 4.90 Å². The molecule has 1 saturated heterocycles. The van der Waals surface area contributed by atoms with Crippen LogP contribution in [0.1, 0.15) is 19.3 Å². The molecular formula is C11H22BrN3O3S. The second kappa shape index (κ2) is 7.56. The Hall–Kier alpha value is -0.180. The van der Waals surface area contributed by atoms with Crippen LogP contribution < -0.4 is 0 Å². The maximum atomic E-state index is 11.9. The first kappa shape index (κ1) is 16.9. The molecule has 1 aliphatic rings. The van der Waals surface area contributed by atoms with E-state index in [0.29, 0.717) is 32.6 Å². The summed E-state index contributed by atoms with van der Waals surface area (Å²) < 4.78 is 26.5. The van der Waals surface area contributed by atoms with Gasteiger partial charge in [0.05, 0.1) is 0 Å². The maximum Gasteiger partial charge on any atom is 0.281 e. The second-order valence-corrected chi connectivity index (χ2v) is 7.65. The van der Waals surface area contributed by atoms with Gasteiger partial charge in [-0.1, -0.05) is 15.9 Å². The van der Waals surface area contributed by atoms with Crippen LogP contribution in [0.3, 0.4) is 0 Å². The number of hydrogen-bond donors (Lipinski definition) is 0. The molecule has 1 rings (SSSR count). The largest absolute Gasteiger partial charge is 0.340 e. The van der Waals surface area contributed by atoms with Gasteiger partial charge >= 0.3 is 0 Å². The average Bonchev–Trinajstić information content (AvgIpc) is 2.39. The zero-order chi connectivity index (χ0) is 14.5. The molecular weight excluding hydrogens is 334 g/mol. The van der Waals surface area contributed by atoms with E-state index in [4.69, 9.17) is 0 Å². The van der Waals surface area contributed by atoms with Crippen LogP contribution in [0, 0.1) is 0 Å². The number of hydrogen-bond acceptors (Lipinski definition) is 3. The van der Waals surface area contributed by atoms with Crippen LogP contribution in [0.5, 0.6) is 0 Å². The van der Waals surface area contributed by atoms with Crippen molar-refractivity contribution >= 4 is 32.0 Å². The first-order valence-electron chi connectivity index (χ1n) is 6.41. The van der Waals surface area contributed by atoms with E-state index >= 15 is 0 Å². The molecule has 0 spiro atoms. The summed E-state index contributed by atoms with van der Waals surface area (Å²) >= 11 is 3.34. The quantitative estimate of drug-likeness (QED) is 0.515. The fraction of sp³-hybridized carbons (Fsp3) is 0.909. The predicted octanol–water partition coefficient (Wildman–Crippen LogP) is 0.502. The van der Waals surface area contributed by atoms with Crippen molar-refractivity contribution in [1.82, 2.24) is 13.5 Å². The minimum absolute atomic E-state index is 0.128. The molecule has 0 aromatic rings. The van der Waals surface area contributed by atoms with Crippen LogP contribution in [-0.4, -0.2) is 73.4 Å². The zero-order valence-electron chi connectivity index (χ0n) is 11.5. The van der Waals surface area contributed by atoms with Crippen molar-refractivity contribution in [2.75, 3.05) is 45.6 Å². The molecule has 0 N–H and O–H groups in total. The summed E-state index contributed by atoms with van der Waals surface area (Å²) in [6, 6.07) is 0. The molecule has 0 aromatic heterocycles. The zero-order valence-corrected chi connectivity index (χ0v) is 13.9. The third-order valence-corrected chi connectivity index (χ3v) is 5.65. The Labute approximate surface area is 124 Å². The number of carbonyl (C=O) groups excluding carboxylic acids is 1. The number of unbranched alkanes of at least 4 members (excludes halogenated alkanes) is 1. The van der Waals surface area contributed by atoms with E-state index in [1.807, 2.05) is 0 Å². The Kier molecular flexibility index (Phi) is 6.72. The first-order valence-corrected chi connectivity index (χ1v) is 8.92. The molecule has 0 radical (unpaired) electrons. The minimum atomic E-state index is -3.35.